The van der Waals surface area contributed by atoms with Crippen molar-refractivity contribution in [2.45, 2.75) is 117 Å². The minimum Gasteiger partial charge on any atom is -0.481 e. The fraction of sp³-hybridized carbons (Fsp3) is 0.795. The Morgan fingerprint density at radius 1 is 0.942 bits per heavy atom. The Kier molecular flexibility index (Phi) is 9.97. The lowest BCUT2D eigenvalue weighted by Gasteiger charge is -2.69. The van der Waals surface area contributed by atoms with Gasteiger partial charge in [-0.25, -0.2) is 12.8 Å². The van der Waals surface area contributed by atoms with E-state index in [2.05, 4.69) is 70.1 Å². The molecule has 4 saturated carbocycles. The fourth-order valence-corrected chi connectivity index (χ4v) is 15.7. The fourth-order valence-electron chi connectivity index (χ4n) is 14.4. The number of alkyl halides is 1. The second kappa shape index (κ2) is 13.5. The first-order valence-corrected chi connectivity index (χ1v) is 22.5. The highest BCUT2D eigenvalue weighted by Gasteiger charge is 2.66. The van der Waals surface area contributed by atoms with Gasteiger partial charge in [0.2, 0.25) is 0 Å². The van der Waals surface area contributed by atoms with Crippen LogP contribution < -0.4 is 5.32 Å². The van der Waals surface area contributed by atoms with Crippen molar-refractivity contribution in [3.8, 4) is 0 Å². The first-order chi connectivity index (χ1) is 24.4. The summed E-state index contributed by atoms with van der Waals surface area (Å²) in [7, 11) is -2.88. The molecule has 7 rings (SSSR count). The number of fused-ring (bicyclic) bond motifs is 7. The minimum absolute atomic E-state index is 0.0179. The van der Waals surface area contributed by atoms with Crippen molar-refractivity contribution >= 4 is 15.8 Å². The lowest BCUT2D eigenvalue weighted by atomic mass is 9.36. The molecule has 290 valence electrons. The highest BCUT2D eigenvalue weighted by molar-refractivity contribution is 7.91. The summed E-state index contributed by atoms with van der Waals surface area (Å²) in [4.78, 5) is 14.3. The zero-order valence-electron chi connectivity index (χ0n) is 32.9. The highest BCUT2D eigenvalue weighted by atomic mass is 32.2. The number of carbonyl (C=O) groups is 1. The van der Waals surface area contributed by atoms with Crippen LogP contribution in [0.4, 0.5) is 4.39 Å². The first kappa shape index (κ1) is 38.5. The number of rotatable bonds is 9. The van der Waals surface area contributed by atoms with Crippen LogP contribution in [0.15, 0.2) is 47.6 Å². The Balaban J connectivity index is 1.12. The molecule has 0 amide bonds. The van der Waals surface area contributed by atoms with Gasteiger partial charge in [-0.2, -0.15) is 0 Å². The molecule has 8 heteroatoms. The molecule has 6 nitrogen and oxygen atoms in total. The Morgan fingerprint density at radius 3 is 2.29 bits per heavy atom. The summed E-state index contributed by atoms with van der Waals surface area (Å²) in [6, 6.07) is 0. The van der Waals surface area contributed by atoms with Gasteiger partial charge in [0.15, 0.2) is 9.84 Å². The second-order valence-electron chi connectivity index (χ2n) is 19.8. The van der Waals surface area contributed by atoms with Crippen LogP contribution in [0.2, 0.25) is 0 Å². The Bertz CT molecular complexity index is 1640. The molecule has 2 N–H and O–H groups in total. The summed E-state index contributed by atoms with van der Waals surface area (Å²) in [5.74, 6) is 3.14. The number of nitrogens with one attached hydrogen (secondary N) is 1. The van der Waals surface area contributed by atoms with Crippen molar-refractivity contribution in [1.82, 2.24) is 10.2 Å². The Morgan fingerprint density at radius 2 is 1.65 bits per heavy atom. The van der Waals surface area contributed by atoms with Crippen molar-refractivity contribution < 1.29 is 22.7 Å². The van der Waals surface area contributed by atoms with Crippen LogP contribution in [0.5, 0.6) is 0 Å². The van der Waals surface area contributed by atoms with E-state index < -0.39 is 27.9 Å². The van der Waals surface area contributed by atoms with Gasteiger partial charge in [0.25, 0.3) is 0 Å². The van der Waals surface area contributed by atoms with Crippen LogP contribution >= 0.6 is 0 Å². The van der Waals surface area contributed by atoms with Gasteiger partial charge >= 0.3 is 5.97 Å². The lowest BCUT2D eigenvalue weighted by Crippen LogP contribution is -2.64. The predicted octanol–water partition coefficient (Wildman–Crippen LogP) is 8.57. The summed E-state index contributed by atoms with van der Waals surface area (Å²) >= 11 is 0. The van der Waals surface area contributed by atoms with E-state index in [1.807, 2.05) is 0 Å². The number of carboxylic acid groups (broad SMARTS) is 1. The zero-order chi connectivity index (χ0) is 37.5. The normalized spacial score (nSPS) is 43.9. The number of hydrogen-bond acceptors (Lipinski definition) is 5. The number of allylic oxidation sites excluding steroid dienone is 6. The SMILES string of the molecule is C=C(C)C(=C)[C@@H]1CC[C@]2(NCCN3CCS(=O)(=O)CC3)CCC3[C@H](CCC4[C@@]3(C)CCC3C(C)(C)C(C5=CC[C@@](CF)(C(=O)O)CC5)=CC[C@@]34C)C12. The summed E-state index contributed by atoms with van der Waals surface area (Å²) in [6.07, 6.45) is 16.8. The molecular formula is C44H67FN2O4S. The van der Waals surface area contributed by atoms with Gasteiger partial charge in [-0.05, 0) is 152 Å². The van der Waals surface area contributed by atoms with E-state index in [1.165, 1.54) is 68.1 Å². The van der Waals surface area contributed by atoms with Crippen molar-refractivity contribution in [3.05, 3.63) is 47.6 Å². The molecule has 4 unspecified atom stereocenters. The van der Waals surface area contributed by atoms with E-state index in [0.717, 1.165) is 25.1 Å². The zero-order valence-corrected chi connectivity index (χ0v) is 33.7. The quantitative estimate of drug-likeness (QED) is 0.231. The molecule has 0 aromatic heterocycles. The molecule has 6 aliphatic carbocycles. The molecule has 1 aliphatic heterocycles. The van der Waals surface area contributed by atoms with E-state index in [4.69, 9.17) is 0 Å². The van der Waals surface area contributed by atoms with Gasteiger partial charge in [-0.15, -0.1) is 0 Å². The molecule has 10 atom stereocenters. The topological polar surface area (TPSA) is 86.7 Å². The Labute approximate surface area is 314 Å². The van der Waals surface area contributed by atoms with Gasteiger partial charge in [0.05, 0.1) is 16.9 Å². The van der Waals surface area contributed by atoms with Crippen LogP contribution in [0.3, 0.4) is 0 Å². The number of sulfone groups is 1. The molecule has 5 fully saturated rings. The summed E-state index contributed by atoms with van der Waals surface area (Å²) in [6.45, 7) is 23.7. The third-order valence-corrected chi connectivity index (χ3v) is 18.8. The van der Waals surface area contributed by atoms with Crippen LogP contribution in [-0.4, -0.2) is 74.3 Å². The van der Waals surface area contributed by atoms with Gasteiger partial charge in [-0.1, -0.05) is 58.6 Å². The van der Waals surface area contributed by atoms with Crippen LogP contribution in [0, 0.1) is 57.2 Å². The van der Waals surface area contributed by atoms with Crippen molar-refractivity contribution in [3.63, 3.8) is 0 Å². The molecule has 0 spiro atoms. The molecule has 0 aromatic rings. The third kappa shape index (κ3) is 6.06. The van der Waals surface area contributed by atoms with Crippen molar-refractivity contribution in [2.75, 3.05) is 44.4 Å². The molecule has 52 heavy (non-hydrogen) atoms. The number of aliphatic carboxylic acids is 1. The molecular weight excluding hydrogens is 672 g/mol. The maximum Gasteiger partial charge on any atom is 0.312 e. The number of hydrogen-bond donors (Lipinski definition) is 2. The van der Waals surface area contributed by atoms with E-state index >= 15 is 0 Å². The van der Waals surface area contributed by atoms with Crippen LogP contribution in [0.1, 0.15) is 112 Å². The summed E-state index contributed by atoms with van der Waals surface area (Å²) in [5.41, 5.74) is 4.37. The van der Waals surface area contributed by atoms with E-state index in [-0.39, 0.29) is 39.7 Å². The molecule has 0 bridgehead atoms. The standard InChI is InChI=1S/C44H67FN2O4S/c1-29(2)30(3)32-12-20-44(46-22-23-47-24-26-52(50,51)27-25-47)21-14-35-33(38(32)44)8-9-37-41(35,6)17-15-36-40(4,5)34(13-16-42(36,37)7)31-10-18-43(28-45,19-11-31)39(48)49/h10,13,32-33,35-38,46H,1,3,8-9,11-12,14-28H2,2,4-7H3,(H,48,49)/t32-,33-,35?,36?,37?,38?,41-,42-,43+,44-/m0/s1. The predicted molar refractivity (Wildman–Crippen MR) is 208 cm³/mol. The summed E-state index contributed by atoms with van der Waals surface area (Å²) in [5, 5.41) is 14.0. The van der Waals surface area contributed by atoms with E-state index in [1.54, 1.807) is 0 Å². The van der Waals surface area contributed by atoms with Gasteiger partial charge in [-0.3, -0.25) is 4.79 Å². The third-order valence-electron chi connectivity index (χ3n) is 17.2. The maximum atomic E-state index is 14.0. The van der Waals surface area contributed by atoms with Crippen LogP contribution in [0.25, 0.3) is 0 Å². The number of halogens is 1. The lowest BCUT2D eigenvalue weighted by molar-refractivity contribution is -0.177. The molecule has 1 saturated heterocycles. The van der Waals surface area contributed by atoms with E-state index in [9.17, 15) is 22.7 Å². The molecule has 0 radical (unpaired) electrons. The second-order valence-corrected chi connectivity index (χ2v) is 22.1. The van der Waals surface area contributed by atoms with Gasteiger partial charge in [0.1, 0.15) is 6.67 Å². The minimum atomic E-state index is -2.88. The monoisotopic (exact) mass is 738 g/mol. The largest absolute Gasteiger partial charge is 0.481 e. The maximum absolute atomic E-state index is 14.0. The van der Waals surface area contributed by atoms with Crippen molar-refractivity contribution in [2.24, 2.45) is 57.2 Å². The summed E-state index contributed by atoms with van der Waals surface area (Å²) < 4.78 is 38.1. The van der Waals surface area contributed by atoms with Gasteiger partial charge in [0, 0.05) is 31.7 Å². The molecule has 1 heterocycles. The number of nitrogens with zero attached hydrogens (tertiary/aromatic N) is 1. The highest BCUT2D eigenvalue weighted by Crippen LogP contribution is 2.73. The first-order valence-electron chi connectivity index (χ1n) is 20.6. The average molecular weight is 739 g/mol. The molecule has 0 aromatic carbocycles. The van der Waals surface area contributed by atoms with Gasteiger partial charge < -0.3 is 15.3 Å². The smallest absolute Gasteiger partial charge is 0.312 e. The number of carboxylic acids is 1. The Hall–Kier alpha value is -1.77. The molecule has 7 aliphatic rings. The van der Waals surface area contributed by atoms with Crippen LogP contribution in [-0.2, 0) is 14.6 Å². The van der Waals surface area contributed by atoms with E-state index in [0.29, 0.717) is 61.4 Å². The average Bonchev–Trinajstić information content (AvgIpc) is 3.48. The van der Waals surface area contributed by atoms with Crippen molar-refractivity contribution in [1.29, 1.82) is 0 Å².